The Hall–Kier alpha value is -4.02. The van der Waals surface area contributed by atoms with Gasteiger partial charge in [-0.1, -0.05) is 0 Å². The maximum absolute atomic E-state index is 12.7. The van der Waals surface area contributed by atoms with Crippen LogP contribution in [0.1, 0.15) is 16.2 Å². The predicted molar refractivity (Wildman–Crippen MR) is 96.2 cm³/mol. The van der Waals surface area contributed by atoms with Crippen LogP contribution in [0, 0.1) is 6.92 Å². The Morgan fingerprint density at radius 1 is 1.14 bits per heavy atom. The molecule has 3 aromatic heterocycles. The Morgan fingerprint density at radius 3 is 2.82 bits per heavy atom. The summed E-state index contributed by atoms with van der Waals surface area (Å²) >= 11 is 0. The maximum Gasteiger partial charge on any atom is 0.299 e. The molecule has 11 nitrogen and oxygen atoms in total. The number of hydrogen-bond donors (Lipinski definition) is 1. The highest BCUT2D eigenvalue weighted by molar-refractivity contribution is 6.00. The normalized spacial score (nSPS) is 13.0. The van der Waals surface area contributed by atoms with Gasteiger partial charge in [0.05, 0.1) is 0 Å². The minimum absolute atomic E-state index is 0.0578. The van der Waals surface area contributed by atoms with E-state index in [1.165, 1.54) is 10.7 Å². The number of fused-ring (bicyclic) bond motifs is 4. The molecule has 140 valence electrons. The van der Waals surface area contributed by atoms with E-state index in [9.17, 15) is 9.59 Å². The van der Waals surface area contributed by atoms with Gasteiger partial charge in [0.25, 0.3) is 17.2 Å². The van der Waals surface area contributed by atoms with Gasteiger partial charge in [0.1, 0.15) is 24.6 Å². The Bertz CT molecular complexity index is 1310. The molecule has 1 N–H and O–H groups in total. The number of carbonyl (C=O) groups excluding carboxylic acids is 1. The van der Waals surface area contributed by atoms with Crippen LogP contribution in [0.3, 0.4) is 0 Å². The number of rotatable bonds is 2. The van der Waals surface area contributed by atoms with Crippen LogP contribution in [0.15, 0.2) is 35.3 Å². The zero-order chi connectivity index (χ0) is 19.3. The molecular weight excluding hydrogens is 366 g/mol. The van der Waals surface area contributed by atoms with Crippen LogP contribution in [0.4, 0.5) is 0 Å². The van der Waals surface area contributed by atoms with Crippen LogP contribution in [-0.4, -0.2) is 48.6 Å². The monoisotopic (exact) mass is 379 g/mol. The quantitative estimate of drug-likeness (QED) is 0.527. The van der Waals surface area contributed by atoms with Crippen LogP contribution in [0.2, 0.25) is 0 Å². The van der Waals surface area contributed by atoms with Crippen molar-refractivity contribution in [3.63, 3.8) is 0 Å². The van der Waals surface area contributed by atoms with Crippen molar-refractivity contribution >= 4 is 22.7 Å². The number of amides is 1. The van der Waals surface area contributed by atoms with Crippen LogP contribution in [0.5, 0.6) is 11.5 Å². The number of pyridine rings is 1. The van der Waals surface area contributed by atoms with E-state index in [1.54, 1.807) is 31.2 Å². The van der Waals surface area contributed by atoms with Crippen molar-refractivity contribution in [3.8, 4) is 11.5 Å². The van der Waals surface area contributed by atoms with Crippen molar-refractivity contribution in [2.24, 2.45) is 0 Å². The fourth-order valence-electron chi connectivity index (χ4n) is 2.95. The number of aryl methyl sites for hydroxylation is 1. The average molecular weight is 379 g/mol. The summed E-state index contributed by atoms with van der Waals surface area (Å²) in [6, 6.07) is 6.42. The third-order valence-corrected chi connectivity index (χ3v) is 4.24. The lowest BCUT2D eigenvalue weighted by molar-refractivity contribution is 0.101. The molecule has 11 heteroatoms. The van der Waals surface area contributed by atoms with Gasteiger partial charge in [0.2, 0.25) is 0 Å². The zero-order valence-corrected chi connectivity index (χ0v) is 14.6. The number of nitrogens with zero attached hydrogens (tertiary/aromatic N) is 6. The maximum atomic E-state index is 12.7. The molecule has 0 atom stereocenters. The minimum atomic E-state index is -0.536. The van der Waals surface area contributed by atoms with Crippen LogP contribution in [-0.2, 0) is 0 Å². The molecule has 1 aliphatic rings. The van der Waals surface area contributed by atoms with E-state index in [2.05, 4.69) is 25.7 Å². The third-order valence-electron chi connectivity index (χ3n) is 4.24. The lowest BCUT2D eigenvalue weighted by Crippen LogP contribution is -2.33. The second kappa shape index (κ2) is 6.01. The molecule has 0 aliphatic carbocycles. The average Bonchev–Trinajstić information content (AvgIpc) is 3.10. The molecule has 0 fully saturated rings. The smallest absolute Gasteiger partial charge is 0.299 e. The first-order valence-electron chi connectivity index (χ1n) is 8.42. The van der Waals surface area contributed by atoms with E-state index >= 15 is 0 Å². The molecule has 0 saturated heterocycles. The summed E-state index contributed by atoms with van der Waals surface area (Å²) in [7, 11) is 0. The second-order valence-electron chi connectivity index (χ2n) is 6.09. The van der Waals surface area contributed by atoms with Gasteiger partial charge >= 0.3 is 0 Å². The number of ether oxygens (including phenoxy) is 2. The van der Waals surface area contributed by atoms with Crippen LogP contribution in [0.25, 0.3) is 16.8 Å². The van der Waals surface area contributed by atoms with Gasteiger partial charge < -0.3 is 9.47 Å². The number of carbonyl (C=O) groups is 1. The second-order valence-corrected chi connectivity index (χ2v) is 6.09. The van der Waals surface area contributed by atoms with Crippen molar-refractivity contribution in [2.45, 2.75) is 6.92 Å². The highest BCUT2D eigenvalue weighted by atomic mass is 16.6. The van der Waals surface area contributed by atoms with Crippen LogP contribution >= 0.6 is 0 Å². The van der Waals surface area contributed by atoms with E-state index in [0.29, 0.717) is 47.4 Å². The lowest BCUT2D eigenvalue weighted by atomic mass is 10.2. The number of aromatic nitrogens is 6. The lowest BCUT2D eigenvalue weighted by Gasteiger charge is -2.18. The van der Waals surface area contributed by atoms with Crippen molar-refractivity contribution in [1.82, 2.24) is 29.5 Å². The summed E-state index contributed by atoms with van der Waals surface area (Å²) in [5.41, 5.74) is 2.82. The first-order valence-corrected chi connectivity index (χ1v) is 8.42. The third kappa shape index (κ3) is 2.52. The molecule has 0 saturated carbocycles. The molecule has 4 heterocycles. The highest BCUT2D eigenvalue weighted by Crippen LogP contribution is 2.30. The first kappa shape index (κ1) is 16.2. The minimum Gasteiger partial charge on any atom is -0.486 e. The van der Waals surface area contributed by atoms with E-state index in [0.717, 1.165) is 4.68 Å². The van der Waals surface area contributed by atoms with E-state index in [4.69, 9.17) is 9.47 Å². The first-order chi connectivity index (χ1) is 13.6. The number of benzene rings is 1. The standard InChI is InChI=1S/C17H13N7O4/c1-9-18-17-20-19-14-11(24(17)21-9)4-5-23(16(14)26)22-15(25)10-2-3-12-13(8-10)28-7-6-27-12/h2-5,8H,6-7H2,1H3,(H,22,25). The largest absolute Gasteiger partial charge is 0.486 e. The van der Waals surface area contributed by atoms with E-state index in [1.807, 2.05) is 0 Å². The summed E-state index contributed by atoms with van der Waals surface area (Å²) in [6.45, 7) is 2.59. The summed E-state index contributed by atoms with van der Waals surface area (Å²) in [5.74, 6) is 1.39. The van der Waals surface area contributed by atoms with Gasteiger partial charge in [0.15, 0.2) is 17.0 Å². The fourth-order valence-corrected chi connectivity index (χ4v) is 2.95. The van der Waals surface area contributed by atoms with Gasteiger partial charge in [-0.25, -0.2) is 4.68 Å². The molecule has 0 spiro atoms. The van der Waals surface area contributed by atoms with E-state index in [-0.39, 0.29) is 5.52 Å². The summed E-state index contributed by atoms with van der Waals surface area (Å²) < 4.78 is 13.4. The molecular formula is C17H13N7O4. The summed E-state index contributed by atoms with van der Waals surface area (Å²) in [5, 5.41) is 12.0. The molecule has 0 unspecified atom stereocenters. The van der Waals surface area contributed by atoms with E-state index < -0.39 is 11.5 Å². The van der Waals surface area contributed by atoms with Gasteiger partial charge in [-0.3, -0.25) is 15.0 Å². The van der Waals surface area contributed by atoms with Crippen molar-refractivity contribution in [3.05, 3.63) is 52.2 Å². The Balaban J connectivity index is 1.51. The van der Waals surface area contributed by atoms with Gasteiger partial charge in [-0.2, -0.15) is 9.50 Å². The van der Waals surface area contributed by atoms with Crippen molar-refractivity contribution < 1.29 is 14.3 Å². The predicted octanol–water partition coefficient (Wildman–Crippen LogP) is 0.298. The van der Waals surface area contributed by atoms with Crippen molar-refractivity contribution in [1.29, 1.82) is 0 Å². The highest BCUT2D eigenvalue weighted by Gasteiger charge is 2.17. The number of nitrogens with one attached hydrogen (secondary N) is 1. The molecule has 1 aliphatic heterocycles. The summed E-state index contributed by atoms with van der Waals surface area (Å²) in [6.07, 6.45) is 1.43. The van der Waals surface area contributed by atoms with Gasteiger partial charge in [-0.05, 0) is 31.2 Å². The molecule has 1 aromatic carbocycles. The molecule has 0 radical (unpaired) electrons. The molecule has 0 bridgehead atoms. The Labute approximate surface area is 156 Å². The topological polar surface area (TPSA) is 126 Å². The zero-order valence-electron chi connectivity index (χ0n) is 14.6. The molecule has 1 amide bonds. The van der Waals surface area contributed by atoms with Gasteiger partial charge in [-0.15, -0.1) is 15.3 Å². The Kier molecular flexibility index (Phi) is 3.47. The van der Waals surface area contributed by atoms with Crippen LogP contribution < -0.4 is 20.5 Å². The van der Waals surface area contributed by atoms with Crippen molar-refractivity contribution in [2.75, 3.05) is 18.6 Å². The SMILES string of the molecule is Cc1nc2nnc3c(=O)n(NC(=O)c4ccc5c(c4)OCCO5)ccc3n2n1. The number of hydrogen-bond acceptors (Lipinski definition) is 8. The Morgan fingerprint density at radius 2 is 1.96 bits per heavy atom. The molecule has 5 rings (SSSR count). The molecule has 4 aromatic rings. The fraction of sp³-hybridized carbons (Fsp3) is 0.176. The summed E-state index contributed by atoms with van der Waals surface area (Å²) in [4.78, 5) is 29.4. The molecule has 28 heavy (non-hydrogen) atoms. The van der Waals surface area contributed by atoms with Gasteiger partial charge in [0, 0.05) is 11.8 Å².